The molecule has 0 fully saturated rings. The smallest absolute Gasteiger partial charge is 0.0383 e. The van der Waals surface area contributed by atoms with E-state index in [1.165, 1.54) is 51.4 Å². The van der Waals surface area contributed by atoms with E-state index in [0.29, 0.717) is 5.41 Å². The van der Waals surface area contributed by atoms with Crippen LogP contribution < -0.4 is 0 Å². The maximum Gasteiger partial charge on any atom is -0.0383 e. The molecule has 15 heavy (non-hydrogen) atoms. The van der Waals surface area contributed by atoms with Crippen LogP contribution in [0.3, 0.4) is 0 Å². The highest BCUT2D eigenvalue weighted by atomic mass is 14.2. The number of rotatable bonds is 8. The average molecular weight is 212 g/mol. The van der Waals surface area contributed by atoms with Crippen molar-refractivity contribution >= 4 is 0 Å². The van der Waals surface area contributed by atoms with Crippen LogP contribution in [0.2, 0.25) is 0 Å². The summed E-state index contributed by atoms with van der Waals surface area (Å²) in [5.41, 5.74) is 0.524. The lowest BCUT2D eigenvalue weighted by Crippen LogP contribution is -2.09. The first kappa shape index (κ1) is 15.0. The lowest BCUT2D eigenvalue weighted by atomic mass is 9.83. The Hall–Kier alpha value is 0. The Morgan fingerprint density at radius 2 is 1.27 bits per heavy atom. The van der Waals surface area contributed by atoms with Crippen LogP contribution in [0.1, 0.15) is 86.0 Å². The van der Waals surface area contributed by atoms with Crippen LogP contribution in [0, 0.1) is 11.3 Å². The predicted octanol–water partition coefficient (Wildman–Crippen LogP) is 5.81. The molecule has 0 saturated carbocycles. The SMILES string of the molecule is CCCCC(CCCC)CCC(C)(C)C. The molecule has 0 amide bonds. The Balaban J connectivity index is 3.78. The summed E-state index contributed by atoms with van der Waals surface area (Å²) in [6.07, 6.45) is 11.3. The molecular weight excluding hydrogens is 180 g/mol. The van der Waals surface area contributed by atoms with Gasteiger partial charge in [0, 0.05) is 0 Å². The third-order valence-corrected chi connectivity index (χ3v) is 3.23. The van der Waals surface area contributed by atoms with Crippen molar-refractivity contribution < 1.29 is 0 Å². The Labute approximate surface area is 97.8 Å². The van der Waals surface area contributed by atoms with Gasteiger partial charge in [0.15, 0.2) is 0 Å². The van der Waals surface area contributed by atoms with Gasteiger partial charge < -0.3 is 0 Å². The van der Waals surface area contributed by atoms with Crippen molar-refractivity contribution in [2.75, 3.05) is 0 Å². The molecule has 0 heterocycles. The minimum absolute atomic E-state index is 0.524. The summed E-state index contributed by atoms with van der Waals surface area (Å²) < 4.78 is 0. The monoisotopic (exact) mass is 212 g/mol. The van der Waals surface area contributed by atoms with E-state index in [2.05, 4.69) is 34.6 Å². The molecule has 0 aromatic heterocycles. The Morgan fingerprint density at radius 1 is 0.800 bits per heavy atom. The van der Waals surface area contributed by atoms with E-state index in [0.717, 1.165) is 5.92 Å². The zero-order chi connectivity index (χ0) is 11.7. The topological polar surface area (TPSA) is 0 Å². The summed E-state index contributed by atoms with van der Waals surface area (Å²) in [6, 6.07) is 0. The van der Waals surface area contributed by atoms with Gasteiger partial charge in [-0.2, -0.15) is 0 Å². The minimum atomic E-state index is 0.524. The van der Waals surface area contributed by atoms with Crippen LogP contribution in [-0.2, 0) is 0 Å². The molecule has 0 radical (unpaired) electrons. The Morgan fingerprint density at radius 3 is 1.60 bits per heavy atom. The lowest BCUT2D eigenvalue weighted by Gasteiger charge is -2.23. The van der Waals surface area contributed by atoms with Gasteiger partial charge in [0.1, 0.15) is 0 Å². The van der Waals surface area contributed by atoms with E-state index >= 15 is 0 Å². The van der Waals surface area contributed by atoms with Crippen molar-refractivity contribution in [1.82, 2.24) is 0 Å². The van der Waals surface area contributed by atoms with Gasteiger partial charge in [0.2, 0.25) is 0 Å². The van der Waals surface area contributed by atoms with E-state index in [-0.39, 0.29) is 0 Å². The van der Waals surface area contributed by atoms with E-state index in [4.69, 9.17) is 0 Å². The second-order valence-electron chi connectivity index (χ2n) is 6.25. The van der Waals surface area contributed by atoms with Crippen LogP contribution in [0.15, 0.2) is 0 Å². The van der Waals surface area contributed by atoms with E-state index in [9.17, 15) is 0 Å². The van der Waals surface area contributed by atoms with Crippen molar-refractivity contribution in [3.63, 3.8) is 0 Å². The molecule has 0 aromatic rings. The first-order chi connectivity index (χ1) is 6.99. The molecule has 0 nitrogen and oxygen atoms in total. The van der Waals surface area contributed by atoms with Crippen LogP contribution in [0.5, 0.6) is 0 Å². The standard InChI is InChI=1S/C15H32/c1-6-8-10-14(11-9-7-2)12-13-15(3,4)5/h14H,6-13H2,1-5H3. The van der Waals surface area contributed by atoms with Crippen LogP contribution in [-0.4, -0.2) is 0 Å². The zero-order valence-electron chi connectivity index (χ0n) is 11.7. The number of hydrogen-bond donors (Lipinski definition) is 0. The van der Waals surface area contributed by atoms with E-state index in [1.807, 2.05) is 0 Å². The van der Waals surface area contributed by atoms with Crippen molar-refractivity contribution in [3.05, 3.63) is 0 Å². The summed E-state index contributed by atoms with van der Waals surface area (Å²) in [5.74, 6) is 1.00. The summed E-state index contributed by atoms with van der Waals surface area (Å²) in [7, 11) is 0. The molecule has 0 bridgehead atoms. The van der Waals surface area contributed by atoms with Gasteiger partial charge in [-0.15, -0.1) is 0 Å². The molecular formula is C15H32. The van der Waals surface area contributed by atoms with Gasteiger partial charge >= 0.3 is 0 Å². The summed E-state index contributed by atoms with van der Waals surface area (Å²) >= 11 is 0. The first-order valence-electron chi connectivity index (χ1n) is 6.99. The lowest BCUT2D eigenvalue weighted by molar-refractivity contribution is 0.296. The summed E-state index contributed by atoms with van der Waals surface area (Å²) in [5, 5.41) is 0. The van der Waals surface area contributed by atoms with Crippen molar-refractivity contribution in [2.24, 2.45) is 11.3 Å². The van der Waals surface area contributed by atoms with E-state index < -0.39 is 0 Å². The molecule has 0 heteroatoms. The van der Waals surface area contributed by atoms with Crippen LogP contribution in [0.4, 0.5) is 0 Å². The van der Waals surface area contributed by atoms with E-state index in [1.54, 1.807) is 0 Å². The molecule has 0 N–H and O–H groups in total. The van der Waals surface area contributed by atoms with Gasteiger partial charge in [0.05, 0.1) is 0 Å². The van der Waals surface area contributed by atoms with Gasteiger partial charge in [-0.25, -0.2) is 0 Å². The zero-order valence-corrected chi connectivity index (χ0v) is 11.7. The van der Waals surface area contributed by atoms with Crippen LogP contribution >= 0.6 is 0 Å². The molecule has 0 saturated heterocycles. The van der Waals surface area contributed by atoms with Gasteiger partial charge in [-0.05, 0) is 24.2 Å². The fraction of sp³-hybridized carbons (Fsp3) is 1.00. The summed E-state index contributed by atoms with van der Waals surface area (Å²) in [4.78, 5) is 0. The fourth-order valence-corrected chi connectivity index (χ4v) is 2.06. The summed E-state index contributed by atoms with van der Waals surface area (Å²) in [6.45, 7) is 11.7. The fourth-order valence-electron chi connectivity index (χ4n) is 2.06. The Bertz CT molecular complexity index is 121. The minimum Gasteiger partial charge on any atom is -0.0654 e. The highest BCUT2D eigenvalue weighted by Crippen LogP contribution is 2.28. The van der Waals surface area contributed by atoms with Gasteiger partial charge in [-0.3, -0.25) is 0 Å². The van der Waals surface area contributed by atoms with Crippen molar-refractivity contribution in [1.29, 1.82) is 0 Å². The quantitative estimate of drug-likeness (QED) is 0.476. The third-order valence-electron chi connectivity index (χ3n) is 3.23. The first-order valence-corrected chi connectivity index (χ1v) is 6.99. The second-order valence-corrected chi connectivity index (χ2v) is 6.25. The average Bonchev–Trinajstić information content (AvgIpc) is 2.15. The second kappa shape index (κ2) is 8.19. The molecule has 0 aromatic carbocycles. The molecule has 0 aliphatic carbocycles. The largest absolute Gasteiger partial charge is 0.0654 e. The molecule has 0 atom stereocenters. The van der Waals surface area contributed by atoms with Crippen molar-refractivity contribution in [3.8, 4) is 0 Å². The Kier molecular flexibility index (Phi) is 8.19. The van der Waals surface area contributed by atoms with Crippen LogP contribution in [0.25, 0.3) is 0 Å². The molecule has 0 aliphatic rings. The molecule has 0 rings (SSSR count). The predicted molar refractivity (Wildman–Crippen MR) is 71.2 cm³/mol. The third kappa shape index (κ3) is 10.3. The maximum atomic E-state index is 2.36. The molecule has 0 aliphatic heterocycles. The highest BCUT2D eigenvalue weighted by molar-refractivity contribution is 4.67. The highest BCUT2D eigenvalue weighted by Gasteiger charge is 2.14. The van der Waals surface area contributed by atoms with Gasteiger partial charge in [0.25, 0.3) is 0 Å². The molecule has 0 spiro atoms. The molecule has 92 valence electrons. The number of hydrogen-bond acceptors (Lipinski definition) is 0. The molecule has 0 unspecified atom stereocenters. The van der Waals surface area contributed by atoms with Crippen molar-refractivity contribution in [2.45, 2.75) is 86.0 Å². The number of unbranched alkanes of at least 4 members (excludes halogenated alkanes) is 2. The van der Waals surface area contributed by atoms with Gasteiger partial charge in [-0.1, -0.05) is 73.1 Å². The normalized spacial score (nSPS) is 12.4. The maximum absolute atomic E-state index is 2.36.